The Morgan fingerprint density at radius 2 is 1.89 bits per heavy atom. The van der Waals surface area contributed by atoms with E-state index < -0.39 is 23.1 Å². The van der Waals surface area contributed by atoms with E-state index in [2.05, 4.69) is 15.3 Å². The third kappa shape index (κ3) is 5.55. The molecule has 8 nitrogen and oxygen atoms in total. The topological polar surface area (TPSA) is 100 Å². The highest BCUT2D eigenvalue weighted by Crippen LogP contribution is 2.23. The number of aliphatic hydroxyl groups is 1. The second kappa shape index (κ2) is 11.0. The summed E-state index contributed by atoms with van der Waals surface area (Å²) in [6.45, 7) is 0.858. The van der Waals surface area contributed by atoms with Gasteiger partial charge in [0.2, 0.25) is 0 Å². The summed E-state index contributed by atoms with van der Waals surface area (Å²) in [7, 11) is 1.88. The van der Waals surface area contributed by atoms with Crippen molar-refractivity contribution in [2.45, 2.75) is 19.5 Å². The predicted molar refractivity (Wildman–Crippen MR) is 132 cm³/mol. The van der Waals surface area contributed by atoms with Crippen molar-refractivity contribution < 1.29 is 18.7 Å². The highest BCUT2D eigenvalue weighted by molar-refractivity contribution is 5.94. The van der Waals surface area contributed by atoms with Crippen LogP contribution in [-0.2, 0) is 13.1 Å². The summed E-state index contributed by atoms with van der Waals surface area (Å²) >= 11 is 0. The third-order valence-corrected chi connectivity index (χ3v) is 5.75. The molecule has 0 aliphatic carbocycles. The smallest absolute Gasteiger partial charge is 0.263 e. The van der Waals surface area contributed by atoms with E-state index in [9.17, 15) is 18.4 Å². The minimum absolute atomic E-state index is 0.00555. The van der Waals surface area contributed by atoms with E-state index in [4.69, 9.17) is 5.11 Å². The summed E-state index contributed by atoms with van der Waals surface area (Å²) < 4.78 is 28.0. The van der Waals surface area contributed by atoms with E-state index >= 15 is 0 Å². The van der Waals surface area contributed by atoms with Crippen LogP contribution in [-0.4, -0.2) is 45.7 Å². The summed E-state index contributed by atoms with van der Waals surface area (Å²) in [4.78, 5) is 36.3. The van der Waals surface area contributed by atoms with Crippen molar-refractivity contribution in [1.29, 1.82) is 0 Å². The standard InChI is InChI=1S/C26H25F2N5O3/c1-32(9-3-11-34)24-20-12-17(6-8-23(20)30-16-31-24)14-29-25(35)19-4-2-10-33(26(19)36)15-18-5-7-21(27)22(28)13-18/h2,4-8,10,12-13,16,34H,3,9,11,14-15H2,1H3,(H,29,35). The Morgan fingerprint density at radius 1 is 1.08 bits per heavy atom. The first-order chi connectivity index (χ1) is 17.4. The Labute approximate surface area is 205 Å². The number of aromatic nitrogens is 3. The molecule has 0 saturated carbocycles. The summed E-state index contributed by atoms with van der Waals surface area (Å²) in [5, 5.41) is 12.7. The normalized spacial score (nSPS) is 11.0. The molecule has 0 fully saturated rings. The van der Waals surface area contributed by atoms with Gasteiger partial charge in [-0.3, -0.25) is 9.59 Å². The first-order valence-corrected chi connectivity index (χ1v) is 11.3. The number of pyridine rings is 1. The molecule has 0 unspecified atom stereocenters. The number of rotatable bonds is 9. The number of anilines is 1. The fourth-order valence-corrected chi connectivity index (χ4v) is 3.86. The number of hydrogen-bond acceptors (Lipinski definition) is 6. The van der Waals surface area contributed by atoms with Gasteiger partial charge in [-0.15, -0.1) is 0 Å². The van der Waals surface area contributed by atoms with Gasteiger partial charge < -0.3 is 19.9 Å². The van der Waals surface area contributed by atoms with E-state index in [0.29, 0.717) is 24.3 Å². The van der Waals surface area contributed by atoms with Crippen LogP contribution in [0.25, 0.3) is 10.9 Å². The van der Waals surface area contributed by atoms with Crippen LogP contribution in [0.4, 0.5) is 14.6 Å². The molecule has 10 heteroatoms. The lowest BCUT2D eigenvalue weighted by atomic mass is 10.1. The van der Waals surface area contributed by atoms with Gasteiger partial charge in [0.25, 0.3) is 11.5 Å². The second-order valence-electron chi connectivity index (χ2n) is 8.33. The molecule has 0 atom stereocenters. The molecule has 1 amide bonds. The summed E-state index contributed by atoms with van der Waals surface area (Å²) in [5.41, 5.74) is 1.33. The molecule has 2 N–H and O–H groups in total. The molecule has 2 aromatic carbocycles. The van der Waals surface area contributed by atoms with Gasteiger partial charge in [0, 0.05) is 38.3 Å². The van der Waals surface area contributed by atoms with Crippen LogP contribution in [0.2, 0.25) is 0 Å². The van der Waals surface area contributed by atoms with Gasteiger partial charge in [-0.05, 0) is 53.9 Å². The number of halogens is 2. The Balaban J connectivity index is 1.50. The van der Waals surface area contributed by atoms with Gasteiger partial charge in [-0.2, -0.15) is 0 Å². The SMILES string of the molecule is CN(CCCO)c1ncnc2ccc(CNC(=O)c3cccn(Cc4ccc(F)c(F)c4)c3=O)cc12. The maximum atomic E-state index is 13.5. The van der Waals surface area contributed by atoms with Crippen molar-refractivity contribution >= 4 is 22.6 Å². The molecule has 4 rings (SSSR count). The number of fused-ring (bicyclic) bond motifs is 1. The van der Waals surface area contributed by atoms with Crippen molar-refractivity contribution in [1.82, 2.24) is 19.9 Å². The number of aliphatic hydroxyl groups excluding tert-OH is 1. The number of carbonyl (C=O) groups excluding carboxylic acids is 1. The zero-order chi connectivity index (χ0) is 25.7. The average Bonchev–Trinajstić information content (AvgIpc) is 2.88. The zero-order valence-corrected chi connectivity index (χ0v) is 19.6. The van der Waals surface area contributed by atoms with Crippen LogP contribution < -0.4 is 15.8 Å². The first kappa shape index (κ1) is 24.9. The van der Waals surface area contributed by atoms with Gasteiger partial charge in [0.15, 0.2) is 11.6 Å². The molecule has 0 aliphatic rings. The van der Waals surface area contributed by atoms with Crippen molar-refractivity contribution in [3.63, 3.8) is 0 Å². The van der Waals surface area contributed by atoms with Gasteiger partial charge in [-0.1, -0.05) is 12.1 Å². The van der Waals surface area contributed by atoms with Crippen LogP contribution >= 0.6 is 0 Å². The molecule has 2 aromatic heterocycles. The Morgan fingerprint density at radius 3 is 2.67 bits per heavy atom. The molecule has 0 saturated heterocycles. The van der Waals surface area contributed by atoms with Gasteiger partial charge in [-0.25, -0.2) is 18.7 Å². The molecular formula is C26H25F2N5O3. The first-order valence-electron chi connectivity index (χ1n) is 11.3. The number of carbonyl (C=O) groups is 1. The summed E-state index contributed by atoms with van der Waals surface area (Å²) in [6, 6.07) is 11.9. The molecular weight excluding hydrogens is 468 g/mol. The van der Waals surface area contributed by atoms with E-state index in [1.165, 1.54) is 29.2 Å². The van der Waals surface area contributed by atoms with Crippen molar-refractivity contribution in [3.8, 4) is 0 Å². The zero-order valence-electron chi connectivity index (χ0n) is 19.6. The Hall–Kier alpha value is -4.18. The molecule has 0 aliphatic heterocycles. The van der Waals surface area contributed by atoms with Gasteiger partial charge >= 0.3 is 0 Å². The van der Waals surface area contributed by atoms with Crippen LogP contribution in [0.1, 0.15) is 27.9 Å². The minimum Gasteiger partial charge on any atom is -0.396 e. The van der Waals surface area contributed by atoms with E-state index in [0.717, 1.165) is 28.6 Å². The van der Waals surface area contributed by atoms with Crippen molar-refractivity contribution in [2.75, 3.05) is 25.1 Å². The molecule has 0 radical (unpaired) electrons. The maximum Gasteiger partial charge on any atom is 0.263 e. The predicted octanol–water partition coefficient (Wildman–Crippen LogP) is 2.87. The Bertz CT molecular complexity index is 1460. The van der Waals surface area contributed by atoms with E-state index in [-0.39, 0.29) is 25.3 Å². The van der Waals surface area contributed by atoms with Gasteiger partial charge in [0.05, 0.1) is 12.1 Å². The molecule has 0 bridgehead atoms. The lowest BCUT2D eigenvalue weighted by molar-refractivity contribution is 0.0948. The average molecular weight is 494 g/mol. The minimum atomic E-state index is -1.00. The fourth-order valence-electron chi connectivity index (χ4n) is 3.86. The van der Waals surface area contributed by atoms with Crippen LogP contribution in [0.5, 0.6) is 0 Å². The van der Waals surface area contributed by atoms with E-state index in [1.54, 1.807) is 6.07 Å². The number of nitrogens with one attached hydrogen (secondary N) is 1. The molecule has 186 valence electrons. The Kier molecular flexibility index (Phi) is 7.65. The number of benzene rings is 2. The highest BCUT2D eigenvalue weighted by Gasteiger charge is 2.14. The second-order valence-corrected chi connectivity index (χ2v) is 8.33. The number of amides is 1. The number of hydrogen-bond donors (Lipinski definition) is 2. The molecule has 2 heterocycles. The largest absolute Gasteiger partial charge is 0.396 e. The number of nitrogens with zero attached hydrogens (tertiary/aromatic N) is 4. The summed E-state index contributed by atoms with van der Waals surface area (Å²) in [6.07, 6.45) is 3.57. The third-order valence-electron chi connectivity index (χ3n) is 5.75. The molecule has 0 spiro atoms. The maximum absolute atomic E-state index is 13.5. The highest BCUT2D eigenvalue weighted by atomic mass is 19.2. The van der Waals surface area contributed by atoms with Gasteiger partial charge in [0.1, 0.15) is 17.7 Å². The molecule has 4 aromatic rings. The lowest BCUT2D eigenvalue weighted by Crippen LogP contribution is -2.32. The molecule has 36 heavy (non-hydrogen) atoms. The fraction of sp³-hybridized carbons (Fsp3) is 0.231. The lowest BCUT2D eigenvalue weighted by Gasteiger charge is -2.19. The van der Waals surface area contributed by atoms with Crippen LogP contribution in [0.3, 0.4) is 0 Å². The quantitative estimate of drug-likeness (QED) is 0.372. The van der Waals surface area contributed by atoms with Crippen LogP contribution in [0.15, 0.2) is 65.8 Å². The van der Waals surface area contributed by atoms with Crippen LogP contribution in [0, 0.1) is 11.6 Å². The van der Waals surface area contributed by atoms with Crippen molar-refractivity contribution in [2.24, 2.45) is 0 Å². The van der Waals surface area contributed by atoms with E-state index in [1.807, 2.05) is 30.1 Å². The van der Waals surface area contributed by atoms with Crippen molar-refractivity contribution in [3.05, 3.63) is 99.7 Å². The summed E-state index contributed by atoms with van der Waals surface area (Å²) in [5.74, 6) is -1.81. The monoisotopic (exact) mass is 493 g/mol.